The molecule has 0 aliphatic heterocycles. The number of rotatable bonds is 1. The summed E-state index contributed by atoms with van der Waals surface area (Å²) in [6, 6.07) is 3.87. The molecule has 1 N–H and O–H groups in total. The molecule has 0 radical (unpaired) electrons. The first-order chi connectivity index (χ1) is 5.83. The predicted octanol–water partition coefficient (Wildman–Crippen LogP) is 2.94. The highest BCUT2D eigenvalue weighted by Gasteiger charge is 2.05. The summed E-state index contributed by atoms with van der Waals surface area (Å²) in [7, 11) is 0. The minimum atomic E-state index is 0.698. The van der Waals surface area contributed by atoms with Crippen molar-refractivity contribution in [3.63, 3.8) is 0 Å². The van der Waals surface area contributed by atoms with Gasteiger partial charge in [0.25, 0.3) is 0 Å². The summed E-state index contributed by atoms with van der Waals surface area (Å²) < 4.78 is 0. The van der Waals surface area contributed by atoms with Crippen LogP contribution in [-0.4, -0.2) is 16.2 Å². The first-order valence-electron chi connectivity index (χ1n) is 3.48. The lowest BCUT2D eigenvalue weighted by atomic mass is 10.3. The molecule has 0 spiro atoms. The van der Waals surface area contributed by atoms with E-state index in [1.807, 2.05) is 18.4 Å². The van der Waals surface area contributed by atoms with Crippen LogP contribution in [0.15, 0.2) is 23.4 Å². The fourth-order valence-electron chi connectivity index (χ4n) is 1.14. The maximum atomic E-state index is 5.94. The number of hydrogen-bond donors (Lipinski definition) is 1. The van der Waals surface area contributed by atoms with Crippen molar-refractivity contribution in [3.05, 3.63) is 23.5 Å². The van der Waals surface area contributed by atoms with Crippen molar-refractivity contribution in [1.29, 1.82) is 0 Å². The molecule has 62 valence electrons. The zero-order valence-corrected chi connectivity index (χ0v) is 8.04. The van der Waals surface area contributed by atoms with Crippen molar-refractivity contribution < 1.29 is 0 Å². The molecule has 0 bridgehead atoms. The third kappa shape index (κ3) is 1.09. The Bertz CT molecular complexity index is 410. The van der Waals surface area contributed by atoms with E-state index in [1.54, 1.807) is 18.1 Å². The molecule has 0 saturated carbocycles. The molecule has 2 aromatic rings. The second kappa shape index (κ2) is 2.99. The van der Waals surface area contributed by atoms with Crippen molar-refractivity contribution in [3.8, 4) is 0 Å². The quantitative estimate of drug-likeness (QED) is 0.714. The molecule has 0 amide bonds. The smallest absolute Gasteiger partial charge is 0.108 e. The van der Waals surface area contributed by atoms with Crippen LogP contribution in [-0.2, 0) is 0 Å². The van der Waals surface area contributed by atoms with Crippen LogP contribution in [0.2, 0.25) is 5.02 Å². The SMILES string of the molecule is CSc1ccc(Cl)c2nc[nH]c12. The number of halogens is 1. The highest BCUT2D eigenvalue weighted by molar-refractivity contribution is 7.98. The number of H-pyrrole nitrogens is 1. The number of hydrogen-bond acceptors (Lipinski definition) is 2. The third-order valence-electron chi connectivity index (χ3n) is 1.71. The lowest BCUT2D eigenvalue weighted by Crippen LogP contribution is -1.76. The number of thioether (sulfide) groups is 1. The molecule has 0 atom stereocenters. The molecule has 12 heavy (non-hydrogen) atoms. The van der Waals surface area contributed by atoms with Gasteiger partial charge in [-0.1, -0.05) is 11.6 Å². The van der Waals surface area contributed by atoms with Crippen molar-refractivity contribution in [2.24, 2.45) is 0 Å². The molecule has 0 unspecified atom stereocenters. The Hall–Kier alpha value is -0.670. The van der Waals surface area contributed by atoms with Crippen molar-refractivity contribution >= 4 is 34.4 Å². The molecular formula is C8H7ClN2S. The standard InChI is InChI=1S/C8H7ClN2S/c1-12-6-3-2-5(9)7-8(6)11-4-10-7/h2-4H,1H3,(H,10,11). The van der Waals surface area contributed by atoms with E-state index < -0.39 is 0 Å². The van der Waals surface area contributed by atoms with Gasteiger partial charge in [-0.25, -0.2) is 4.98 Å². The molecule has 0 aliphatic carbocycles. The predicted molar refractivity (Wildman–Crippen MR) is 52.9 cm³/mol. The molecule has 2 rings (SSSR count). The van der Waals surface area contributed by atoms with Crippen molar-refractivity contribution in [2.75, 3.05) is 6.26 Å². The fraction of sp³-hybridized carbons (Fsp3) is 0.125. The highest BCUT2D eigenvalue weighted by atomic mass is 35.5. The Labute approximate surface area is 79.3 Å². The fourth-order valence-corrected chi connectivity index (χ4v) is 1.91. The van der Waals surface area contributed by atoms with Crippen LogP contribution in [0.1, 0.15) is 0 Å². The molecular weight excluding hydrogens is 192 g/mol. The number of fused-ring (bicyclic) bond motifs is 1. The number of aromatic amines is 1. The van der Waals surface area contributed by atoms with E-state index >= 15 is 0 Å². The normalized spacial score (nSPS) is 10.8. The van der Waals surface area contributed by atoms with Crippen molar-refractivity contribution in [1.82, 2.24) is 9.97 Å². The van der Waals surface area contributed by atoms with Crippen LogP contribution < -0.4 is 0 Å². The van der Waals surface area contributed by atoms with E-state index in [9.17, 15) is 0 Å². The second-order valence-electron chi connectivity index (χ2n) is 2.38. The van der Waals surface area contributed by atoms with E-state index in [-0.39, 0.29) is 0 Å². The maximum absolute atomic E-state index is 5.94. The molecule has 0 fully saturated rings. The van der Waals surface area contributed by atoms with Gasteiger partial charge in [0, 0.05) is 4.90 Å². The summed E-state index contributed by atoms with van der Waals surface area (Å²) in [6.07, 6.45) is 3.69. The van der Waals surface area contributed by atoms with Gasteiger partial charge >= 0.3 is 0 Å². The van der Waals surface area contributed by atoms with Gasteiger partial charge in [0.05, 0.1) is 16.9 Å². The van der Waals surface area contributed by atoms with Gasteiger partial charge in [0.2, 0.25) is 0 Å². The van der Waals surface area contributed by atoms with E-state index in [2.05, 4.69) is 9.97 Å². The van der Waals surface area contributed by atoms with Gasteiger partial charge in [-0.05, 0) is 18.4 Å². The van der Waals surface area contributed by atoms with E-state index in [0.717, 1.165) is 11.0 Å². The zero-order chi connectivity index (χ0) is 8.55. The minimum Gasteiger partial charge on any atom is -0.344 e. The average molecular weight is 199 g/mol. The van der Waals surface area contributed by atoms with E-state index in [4.69, 9.17) is 11.6 Å². The Morgan fingerprint density at radius 1 is 1.50 bits per heavy atom. The van der Waals surface area contributed by atoms with Gasteiger partial charge in [-0.2, -0.15) is 0 Å². The Morgan fingerprint density at radius 2 is 2.33 bits per heavy atom. The van der Waals surface area contributed by atoms with Crippen molar-refractivity contribution in [2.45, 2.75) is 4.90 Å². The topological polar surface area (TPSA) is 28.7 Å². The van der Waals surface area contributed by atoms with Gasteiger partial charge in [0.1, 0.15) is 5.52 Å². The van der Waals surface area contributed by atoms with Gasteiger partial charge in [-0.15, -0.1) is 11.8 Å². The average Bonchev–Trinajstić information content (AvgIpc) is 2.54. The summed E-state index contributed by atoms with van der Waals surface area (Å²) in [5.41, 5.74) is 1.87. The minimum absolute atomic E-state index is 0.698. The summed E-state index contributed by atoms with van der Waals surface area (Å²) >= 11 is 7.62. The third-order valence-corrected chi connectivity index (χ3v) is 2.80. The monoisotopic (exact) mass is 198 g/mol. The molecule has 1 heterocycles. The second-order valence-corrected chi connectivity index (χ2v) is 3.63. The van der Waals surface area contributed by atoms with Crippen LogP contribution >= 0.6 is 23.4 Å². The number of aromatic nitrogens is 2. The molecule has 0 saturated heterocycles. The van der Waals surface area contributed by atoms with Gasteiger partial charge in [0.15, 0.2) is 0 Å². The maximum Gasteiger partial charge on any atom is 0.108 e. The van der Waals surface area contributed by atoms with Crippen LogP contribution in [0.3, 0.4) is 0 Å². The van der Waals surface area contributed by atoms with Crippen LogP contribution in [0.5, 0.6) is 0 Å². The molecule has 0 aliphatic rings. The van der Waals surface area contributed by atoms with E-state index in [0.29, 0.717) is 5.02 Å². The molecule has 2 nitrogen and oxygen atoms in total. The highest BCUT2D eigenvalue weighted by Crippen LogP contribution is 2.28. The first kappa shape index (κ1) is 7.95. The Kier molecular flexibility index (Phi) is 1.98. The van der Waals surface area contributed by atoms with Crippen LogP contribution in [0.25, 0.3) is 11.0 Å². The summed E-state index contributed by atoms with van der Waals surface area (Å²) in [6.45, 7) is 0. The van der Waals surface area contributed by atoms with Gasteiger partial charge < -0.3 is 4.98 Å². The first-order valence-corrected chi connectivity index (χ1v) is 5.09. The number of imidazole rings is 1. The summed E-state index contributed by atoms with van der Waals surface area (Å²) in [5, 5.41) is 0.698. The lowest BCUT2D eigenvalue weighted by molar-refractivity contribution is 1.33. The largest absolute Gasteiger partial charge is 0.344 e. The number of benzene rings is 1. The Morgan fingerprint density at radius 3 is 3.08 bits per heavy atom. The summed E-state index contributed by atoms with van der Waals surface area (Å²) in [5.74, 6) is 0. The number of nitrogens with zero attached hydrogens (tertiary/aromatic N) is 1. The zero-order valence-electron chi connectivity index (χ0n) is 6.47. The van der Waals surface area contributed by atoms with Crippen LogP contribution in [0.4, 0.5) is 0 Å². The van der Waals surface area contributed by atoms with Gasteiger partial charge in [-0.3, -0.25) is 0 Å². The number of nitrogens with one attached hydrogen (secondary N) is 1. The van der Waals surface area contributed by atoms with Crippen LogP contribution in [0, 0.1) is 0 Å². The molecule has 1 aromatic carbocycles. The molecule has 1 aromatic heterocycles. The lowest BCUT2D eigenvalue weighted by Gasteiger charge is -1.98. The van der Waals surface area contributed by atoms with E-state index in [1.165, 1.54) is 4.90 Å². The Balaban J connectivity index is 2.82. The molecule has 4 heteroatoms. The summed E-state index contributed by atoms with van der Waals surface area (Å²) in [4.78, 5) is 8.36.